The molecule has 1 atom stereocenters. The second-order valence-electron chi connectivity index (χ2n) is 7.52. The third-order valence-electron chi connectivity index (χ3n) is 4.95. The first-order valence-corrected chi connectivity index (χ1v) is 10.1. The molecule has 0 aromatic heterocycles. The minimum absolute atomic E-state index is 0. The number of nitrogens with zero attached hydrogens (tertiary/aromatic N) is 2. The molecule has 2 N–H and O–H groups in total. The van der Waals surface area contributed by atoms with E-state index >= 15 is 0 Å². The SMILES string of the molecule is CN(C)C(=O)CN=C(NCCCOCC1CCOC1)NC1CCCCC1.I. The molecule has 0 bridgehead atoms. The minimum atomic E-state index is 0. The van der Waals surface area contributed by atoms with Crippen molar-refractivity contribution in [3.63, 3.8) is 0 Å². The number of likely N-dealkylation sites (N-methyl/N-ethyl adjacent to an activating group) is 1. The fourth-order valence-electron chi connectivity index (χ4n) is 3.23. The Hall–Kier alpha value is -0.610. The van der Waals surface area contributed by atoms with Crippen LogP contribution in [0.15, 0.2) is 4.99 Å². The number of guanidine groups is 1. The molecule has 2 aliphatic rings. The summed E-state index contributed by atoms with van der Waals surface area (Å²) in [6.07, 6.45) is 8.23. The molecule has 1 saturated heterocycles. The smallest absolute Gasteiger partial charge is 0.243 e. The van der Waals surface area contributed by atoms with Crippen LogP contribution < -0.4 is 10.6 Å². The van der Waals surface area contributed by atoms with Crippen molar-refractivity contribution in [3.05, 3.63) is 0 Å². The summed E-state index contributed by atoms with van der Waals surface area (Å²) in [6.45, 7) is 4.19. The third kappa shape index (κ3) is 10.5. The van der Waals surface area contributed by atoms with E-state index in [0.29, 0.717) is 12.0 Å². The molecule has 0 aromatic rings. The Morgan fingerprint density at radius 1 is 1.22 bits per heavy atom. The number of rotatable bonds is 9. The van der Waals surface area contributed by atoms with E-state index in [1.807, 2.05) is 0 Å². The van der Waals surface area contributed by atoms with Crippen molar-refractivity contribution in [1.82, 2.24) is 15.5 Å². The second kappa shape index (κ2) is 14.4. The van der Waals surface area contributed by atoms with Crippen LogP contribution in [0.5, 0.6) is 0 Å². The Morgan fingerprint density at radius 2 is 2.00 bits per heavy atom. The standard InChI is InChI=1S/C19H36N4O3.HI/c1-23(2)18(24)13-21-19(22-17-7-4-3-5-8-17)20-10-6-11-25-14-16-9-12-26-15-16;/h16-17H,3-15H2,1-2H3,(H2,20,21,22);1H. The molecule has 1 saturated carbocycles. The Morgan fingerprint density at radius 3 is 2.67 bits per heavy atom. The molecule has 1 amide bonds. The summed E-state index contributed by atoms with van der Waals surface area (Å²) in [7, 11) is 3.51. The van der Waals surface area contributed by atoms with Crippen molar-refractivity contribution in [3.8, 4) is 0 Å². The highest BCUT2D eigenvalue weighted by atomic mass is 127. The van der Waals surface area contributed by atoms with E-state index in [0.717, 1.165) is 51.8 Å². The van der Waals surface area contributed by atoms with Crippen molar-refractivity contribution in [1.29, 1.82) is 0 Å². The lowest BCUT2D eigenvalue weighted by molar-refractivity contribution is -0.127. The lowest BCUT2D eigenvalue weighted by Gasteiger charge is -2.25. The van der Waals surface area contributed by atoms with Gasteiger partial charge in [-0.15, -0.1) is 24.0 Å². The number of carbonyl (C=O) groups is 1. The summed E-state index contributed by atoms with van der Waals surface area (Å²) < 4.78 is 11.1. The highest BCUT2D eigenvalue weighted by molar-refractivity contribution is 14.0. The molecule has 1 aliphatic carbocycles. The number of amides is 1. The van der Waals surface area contributed by atoms with Crippen LogP contribution in [0.2, 0.25) is 0 Å². The molecule has 1 heterocycles. The van der Waals surface area contributed by atoms with Crippen LogP contribution >= 0.6 is 24.0 Å². The van der Waals surface area contributed by atoms with Crippen LogP contribution in [0.1, 0.15) is 44.9 Å². The van der Waals surface area contributed by atoms with Gasteiger partial charge in [0.1, 0.15) is 6.54 Å². The fourth-order valence-corrected chi connectivity index (χ4v) is 3.23. The Bertz CT molecular complexity index is 437. The zero-order chi connectivity index (χ0) is 18.6. The maximum atomic E-state index is 11.8. The summed E-state index contributed by atoms with van der Waals surface area (Å²) in [5, 5.41) is 6.85. The van der Waals surface area contributed by atoms with Crippen molar-refractivity contribution in [2.24, 2.45) is 10.9 Å². The number of carbonyl (C=O) groups excluding carboxylic acids is 1. The lowest BCUT2D eigenvalue weighted by atomic mass is 9.96. The highest BCUT2D eigenvalue weighted by Crippen LogP contribution is 2.17. The summed E-state index contributed by atoms with van der Waals surface area (Å²) in [5.74, 6) is 1.32. The van der Waals surface area contributed by atoms with E-state index in [9.17, 15) is 4.79 Å². The zero-order valence-electron chi connectivity index (χ0n) is 16.9. The molecule has 2 fully saturated rings. The summed E-state index contributed by atoms with van der Waals surface area (Å²) in [4.78, 5) is 17.9. The maximum Gasteiger partial charge on any atom is 0.243 e. The van der Waals surface area contributed by atoms with Crippen LogP contribution in [-0.2, 0) is 14.3 Å². The molecule has 27 heavy (non-hydrogen) atoms. The van der Waals surface area contributed by atoms with Crippen molar-refractivity contribution < 1.29 is 14.3 Å². The second-order valence-corrected chi connectivity index (χ2v) is 7.52. The van der Waals surface area contributed by atoms with Gasteiger partial charge in [0.25, 0.3) is 0 Å². The monoisotopic (exact) mass is 496 g/mol. The Kier molecular flexibility index (Phi) is 13.0. The van der Waals surface area contributed by atoms with Crippen molar-refractivity contribution >= 4 is 35.8 Å². The first-order chi connectivity index (χ1) is 12.6. The van der Waals surface area contributed by atoms with Gasteiger partial charge in [0.05, 0.1) is 13.2 Å². The quantitative estimate of drug-likeness (QED) is 0.221. The normalized spacial score (nSPS) is 20.8. The van der Waals surface area contributed by atoms with E-state index in [1.165, 1.54) is 32.1 Å². The molecule has 0 spiro atoms. The molecular formula is C19H37IN4O3. The summed E-state index contributed by atoms with van der Waals surface area (Å²) in [5.41, 5.74) is 0. The predicted octanol–water partition coefficient (Wildman–Crippen LogP) is 2.00. The fraction of sp³-hybridized carbons (Fsp3) is 0.895. The number of hydrogen-bond donors (Lipinski definition) is 2. The summed E-state index contributed by atoms with van der Waals surface area (Å²) >= 11 is 0. The van der Waals surface area contributed by atoms with E-state index < -0.39 is 0 Å². The predicted molar refractivity (Wildman–Crippen MR) is 119 cm³/mol. The van der Waals surface area contributed by atoms with Gasteiger partial charge in [-0.1, -0.05) is 19.3 Å². The van der Waals surface area contributed by atoms with Gasteiger partial charge in [-0.05, 0) is 25.7 Å². The van der Waals surface area contributed by atoms with Gasteiger partial charge < -0.3 is 25.0 Å². The van der Waals surface area contributed by atoms with Gasteiger partial charge in [0.15, 0.2) is 5.96 Å². The van der Waals surface area contributed by atoms with Crippen molar-refractivity contribution in [2.45, 2.75) is 51.0 Å². The molecule has 2 rings (SSSR count). The van der Waals surface area contributed by atoms with Crippen LogP contribution in [-0.4, -0.2) is 76.4 Å². The van der Waals surface area contributed by atoms with Crippen LogP contribution in [0.3, 0.4) is 0 Å². The van der Waals surface area contributed by atoms with Crippen LogP contribution in [0, 0.1) is 5.92 Å². The largest absolute Gasteiger partial charge is 0.381 e. The number of aliphatic imine (C=N–C) groups is 1. The Balaban J connectivity index is 0.00000364. The first kappa shape index (κ1) is 24.4. The van der Waals surface area contributed by atoms with Gasteiger partial charge in [0, 0.05) is 45.8 Å². The molecule has 8 heteroatoms. The zero-order valence-corrected chi connectivity index (χ0v) is 19.2. The van der Waals surface area contributed by atoms with E-state index in [1.54, 1.807) is 19.0 Å². The third-order valence-corrected chi connectivity index (χ3v) is 4.95. The molecule has 0 aromatic carbocycles. The Labute approximate surface area is 181 Å². The molecule has 7 nitrogen and oxygen atoms in total. The number of halogens is 1. The molecular weight excluding hydrogens is 459 g/mol. The molecule has 1 aliphatic heterocycles. The average Bonchev–Trinajstić information content (AvgIpc) is 3.16. The number of nitrogens with one attached hydrogen (secondary N) is 2. The van der Waals surface area contributed by atoms with E-state index in [4.69, 9.17) is 9.47 Å². The van der Waals surface area contributed by atoms with Gasteiger partial charge >= 0.3 is 0 Å². The van der Waals surface area contributed by atoms with Gasteiger partial charge in [-0.3, -0.25) is 4.79 Å². The highest BCUT2D eigenvalue weighted by Gasteiger charge is 2.16. The van der Waals surface area contributed by atoms with E-state index in [2.05, 4.69) is 15.6 Å². The molecule has 158 valence electrons. The van der Waals surface area contributed by atoms with Gasteiger partial charge in [0.2, 0.25) is 5.91 Å². The maximum absolute atomic E-state index is 11.8. The van der Waals surface area contributed by atoms with E-state index in [-0.39, 0.29) is 36.4 Å². The molecule has 1 unspecified atom stereocenters. The van der Waals surface area contributed by atoms with Gasteiger partial charge in [-0.25, -0.2) is 4.99 Å². The van der Waals surface area contributed by atoms with Crippen LogP contribution in [0.4, 0.5) is 0 Å². The minimum Gasteiger partial charge on any atom is -0.381 e. The van der Waals surface area contributed by atoms with Gasteiger partial charge in [-0.2, -0.15) is 0 Å². The first-order valence-electron chi connectivity index (χ1n) is 10.1. The molecule has 0 radical (unpaired) electrons. The number of hydrogen-bond acceptors (Lipinski definition) is 4. The number of ether oxygens (including phenoxy) is 2. The summed E-state index contributed by atoms with van der Waals surface area (Å²) in [6, 6.07) is 0.461. The topological polar surface area (TPSA) is 75.2 Å². The van der Waals surface area contributed by atoms with Crippen molar-refractivity contribution in [2.75, 3.05) is 53.6 Å². The van der Waals surface area contributed by atoms with Crippen LogP contribution in [0.25, 0.3) is 0 Å². The lowest BCUT2D eigenvalue weighted by Crippen LogP contribution is -2.45. The average molecular weight is 496 g/mol.